The summed E-state index contributed by atoms with van der Waals surface area (Å²) in [7, 11) is 1.16. The number of carbonyl (C=O) groups is 1. The predicted molar refractivity (Wildman–Crippen MR) is 60.9 cm³/mol. The van der Waals surface area contributed by atoms with Crippen LogP contribution in [0.3, 0.4) is 0 Å². The summed E-state index contributed by atoms with van der Waals surface area (Å²) in [6, 6.07) is 4.56. The molecule has 1 aromatic carbocycles. The number of halogens is 3. The molecule has 100 valence electrons. The first-order chi connectivity index (χ1) is 8.82. The fraction of sp³-hybridized carbons (Fsp3) is 0.167. The van der Waals surface area contributed by atoms with Crippen molar-refractivity contribution >= 4 is 16.7 Å². The maximum absolute atomic E-state index is 12.6. The summed E-state index contributed by atoms with van der Waals surface area (Å²) in [4.78, 5) is 24.6. The Morgan fingerprint density at radius 1 is 1.26 bits per heavy atom. The van der Waals surface area contributed by atoms with Crippen LogP contribution in [0.2, 0.25) is 0 Å². The lowest BCUT2D eigenvalue weighted by atomic mass is 10.1. The number of nitrogens with one attached hydrogen (secondary N) is 1. The highest BCUT2D eigenvalue weighted by molar-refractivity contribution is 5.95. The van der Waals surface area contributed by atoms with E-state index in [-0.39, 0.29) is 16.3 Å². The van der Waals surface area contributed by atoms with E-state index in [0.717, 1.165) is 13.2 Å². The van der Waals surface area contributed by atoms with Crippen molar-refractivity contribution in [1.29, 1.82) is 0 Å². The van der Waals surface area contributed by atoms with Crippen LogP contribution in [0, 0.1) is 0 Å². The number of aromatic nitrogens is 1. The Morgan fingerprint density at radius 2 is 1.95 bits per heavy atom. The highest BCUT2D eigenvalue weighted by Crippen LogP contribution is 2.28. The van der Waals surface area contributed by atoms with Crippen molar-refractivity contribution in [3.8, 4) is 0 Å². The highest BCUT2D eigenvalue weighted by Gasteiger charge is 2.32. The molecule has 0 amide bonds. The van der Waals surface area contributed by atoms with Crippen LogP contribution in [-0.4, -0.2) is 18.1 Å². The van der Waals surface area contributed by atoms with Gasteiger partial charge in [0.25, 0.3) is 5.56 Å². The van der Waals surface area contributed by atoms with Crippen LogP contribution in [-0.2, 0) is 10.9 Å². The summed E-state index contributed by atoms with van der Waals surface area (Å²) < 4.78 is 42.1. The van der Waals surface area contributed by atoms with Crippen LogP contribution in [0.5, 0.6) is 0 Å². The van der Waals surface area contributed by atoms with E-state index in [2.05, 4.69) is 4.74 Å². The fourth-order valence-corrected chi connectivity index (χ4v) is 1.67. The number of hydrogen-bond donors (Lipinski definition) is 1. The summed E-state index contributed by atoms with van der Waals surface area (Å²) in [5.41, 5.74) is -1.94. The number of rotatable bonds is 1. The molecule has 0 saturated carbocycles. The number of methoxy groups -OCH3 is 1. The van der Waals surface area contributed by atoms with Crippen molar-refractivity contribution in [3.63, 3.8) is 0 Å². The van der Waals surface area contributed by atoms with Gasteiger partial charge in [0, 0.05) is 5.39 Å². The van der Waals surface area contributed by atoms with Gasteiger partial charge in [-0.05, 0) is 29.7 Å². The quantitative estimate of drug-likeness (QED) is 0.810. The number of esters is 1. The second-order valence-corrected chi connectivity index (χ2v) is 3.80. The van der Waals surface area contributed by atoms with Gasteiger partial charge in [-0.1, -0.05) is 0 Å². The van der Waals surface area contributed by atoms with E-state index in [1.54, 1.807) is 4.98 Å². The summed E-state index contributed by atoms with van der Waals surface area (Å²) in [6.07, 6.45) is -4.66. The normalized spacial score (nSPS) is 11.6. The molecule has 0 aliphatic rings. The van der Waals surface area contributed by atoms with Crippen molar-refractivity contribution in [1.82, 2.24) is 4.98 Å². The maximum Gasteiger partial charge on any atom is 0.431 e. The third-order valence-electron chi connectivity index (χ3n) is 2.57. The van der Waals surface area contributed by atoms with E-state index < -0.39 is 23.4 Å². The Kier molecular flexibility index (Phi) is 3.05. The van der Waals surface area contributed by atoms with E-state index in [9.17, 15) is 22.8 Å². The predicted octanol–water partition coefficient (Wildman–Crippen LogP) is 2.33. The molecule has 1 N–H and O–H groups in total. The Bertz CT molecular complexity index is 703. The van der Waals surface area contributed by atoms with Gasteiger partial charge in [0.05, 0.1) is 12.7 Å². The molecule has 0 aliphatic carbocycles. The Morgan fingerprint density at radius 3 is 2.53 bits per heavy atom. The first-order valence-electron chi connectivity index (χ1n) is 5.15. The first kappa shape index (κ1) is 13.1. The molecule has 0 aliphatic heterocycles. The minimum Gasteiger partial charge on any atom is -0.465 e. The maximum atomic E-state index is 12.6. The third-order valence-corrected chi connectivity index (χ3v) is 2.57. The lowest BCUT2D eigenvalue weighted by molar-refractivity contribution is -0.141. The number of benzene rings is 1. The molecular formula is C12H8F3NO3. The van der Waals surface area contributed by atoms with E-state index in [1.165, 1.54) is 18.2 Å². The SMILES string of the molecule is COC(=O)c1ccc2c(=O)[nH]c(C(F)(F)F)cc2c1. The molecule has 0 spiro atoms. The number of aromatic amines is 1. The van der Waals surface area contributed by atoms with Crippen molar-refractivity contribution in [3.05, 3.63) is 45.9 Å². The minimum atomic E-state index is -4.66. The van der Waals surface area contributed by atoms with Gasteiger partial charge in [-0.2, -0.15) is 13.2 Å². The van der Waals surface area contributed by atoms with Gasteiger partial charge >= 0.3 is 12.1 Å². The monoisotopic (exact) mass is 271 g/mol. The number of fused-ring (bicyclic) bond motifs is 1. The molecular weight excluding hydrogens is 263 g/mol. The van der Waals surface area contributed by atoms with Crippen LogP contribution in [0.4, 0.5) is 13.2 Å². The summed E-state index contributed by atoms with van der Waals surface area (Å²) in [6.45, 7) is 0. The zero-order chi connectivity index (χ0) is 14.2. The molecule has 2 rings (SSSR count). The Balaban J connectivity index is 2.70. The zero-order valence-corrected chi connectivity index (χ0v) is 9.67. The minimum absolute atomic E-state index is 0.0268. The van der Waals surface area contributed by atoms with Gasteiger partial charge in [0.1, 0.15) is 5.69 Å². The number of hydrogen-bond acceptors (Lipinski definition) is 3. The smallest absolute Gasteiger partial charge is 0.431 e. The lowest BCUT2D eigenvalue weighted by Gasteiger charge is -2.08. The molecule has 1 heterocycles. The highest BCUT2D eigenvalue weighted by atomic mass is 19.4. The van der Waals surface area contributed by atoms with Crippen LogP contribution in [0.15, 0.2) is 29.1 Å². The largest absolute Gasteiger partial charge is 0.465 e. The molecule has 0 atom stereocenters. The summed E-state index contributed by atoms with van der Waals surface area (Å²) in [5.74, 6) is -0.684. The van der Waals surface area contributed by atoms with Gasteiger partial charge in [-0.3, -0.25) is 4.79 Å². The number of pyridine rings is 1. The summed E-state index contributed by atoms with van der Waals surface area (Å²) >= 11 is 0. The van der Waals surface area contributed by atoms with Crippen molar-refractivity contribution in [2.45, 2.75) is 6.18 Å². The van der Waals surface area contributed by atoms with Gasteiger partial charge < -0.3 is 9.72 Å². The van der Waals surface area contributed by atoms with E-state index >= 15 is 0 Å². The fourth-order valence-electron chi connectivity index (χ4n) is 1.67. The van der Waals surface area contributed by atoms with Crippen molar-refractivity contribution < 1.29 is 22.7 Å². The molecule has 7 heteroatoms. The zero-order valence-electron chi connectivity index (χ0n) is 9.67. The second-order valence-electron chi connectivity index (χ2n) is 3.80. The van der Waals surface area contributed by atoms with E-state index in [1.807, 2.05) is 0 Å². The summed E-state index contributed by atoms with van der Waals surface area (Å²) in [5, 5.41) is 0.0969. The average molecular weight is 271 g/mol. The van der Waals surface area contributed by atoms with Crippen LogP contribution >= 0.6 is 0 Å². The number of ether oxygens (including phenoxy) is 1. The molecule has 0 fully saturated rings. The van der Waals surface area contributed by atoms with Crippen molar-refractivity contribution in [2.75, 3.05) is 7.11 Å². The molecule has 2 aromatic rings. The molecule has 0 saturated heterocycles. The Labute approximate surface area is 104 Å². The van der Waals surface area contributed by atoms with Crippen LogP contribution in [0.25, 0.3) is 10.8 Å². The Hall–Kier alpha value is -2.31. The van der Waals surface area contributed by atoms with Crippen molar-refractivity contribution in [2.24, 2.45) is 0 Å². The average Bonchev–Trinajstić information content (AvgIpc) is 2.36. The van der Waals surface area contributed by atoms with Crippen LogP contribution < -0.4 is 5.56 Å². The van der Waals surface area contributed by atoms with Gasteiger partial charge in [-0.25, -0.2) is 4.79 Å². The first-order valence-corrected chi connectivity index (χ1v) is 5.15. The number of H-pyrrole nitrogens is 1. The standard InChI is InChI=1S/C12H8F3NO3/c1-19-11(18)6-2-3-8-7(4-6)5-9(12(13,14)15)16-10(8)17/h2-5H,1H3,(H,16,17). The van der Waals surface area contributed by atoms with Gasteiger partial charge in [0.15, 0.2) is 0 Å². The topological polar surface area (TPSA) is 59.2 Å². The lowest BCUT2D eigenvalue weighted by Crippen LogP contribution is -2.16. The third kappa shape index (κ3) is 2.44. The molecule has 4 nitrogen and oxygen atoms in total. The molecule has 19 heavy (non-hydrogen) atoms. The number of alkyl halides is 3. The van der Waals surface area contributed by atoms with Crippen LogP contribution in [0.1, 0.15) is 16.1 Å². The molecule has 0 unspecified atom stereocenters. The van der Waals surface area contributed by atoms with E-state index in [0.29, 0.717) is 0 Å². The van der Waals surface area contributed by atoms with E-state index in [4.69, 9.17) is 0 Å². The van der Waals surface area contributed by atoms with Gasteiger partial charge in [0.2, 0.25) is 0 Å². The number of carbonyl (C=O) groups excluding carboxylic acids is 1. The van der Waals surface area contributed by atoms with Gasteiger partial charge in [-0.15, -0.1) is 0 Å². The molecule has 1 aromatic heterocycles. The second kappa shape index (κ2) is 4.42. The molecule has 0 bridgehead atoms. The molecule has 0 radical (unpaired) electrons.